The smallest absolute Gasteiger partial charge is 0.154 e. The lowest BCUT2D eigenvalue weighted by molar-refractivity contribution is 0.822. The van der Waals surface area contributed by atoms with Crippen molar-refractivity contribution in [3.8, 4) is 6.07 Å². The molecule has 2 aromatic carbocycles. The van der Waals surface area contributed by atoms with Crippen molar-refractivity contribution in [3.63, 3.8) is 0 Å². The molecule has 0 spiro atoms. The first kappa shape index (κ1) is 15.1. The van der Waals surface area contributed by atoms with Gasteiger partial charge in [-0.3, -0.25) is 4.99 Å². The molecule has 106 valence electrons. The third-order valence-electron chi connectivity index (χ3n) is 3.07. The zero-order valence-electron chi connectivity index (χ0n) is 11.9. The minimum atomic E-state index is 0.0552. The van der Waals surface area contributed by atoms with E-state index < -0.39 is 0 Å². The zero-order chi connectivity index (χ0) is 15.1. The number of benzene rings is 2. The van der Waals surface area contributed by atoms with Crippen LogP contribution in [0.1, 0.15) is 29.7 Å². The molecule has 0 fully saturated rings. The fraction of sp³-hybridized carbons (Fsp3) is 0.176. The maximum atomic E-state index is 8.76. The second-order valence-electron chi connectivity index (χ2n) is 4.65. The summed E-state index contributed by atoms with van der Waals surface area (Å²) in [6, 6.07) is 19.8. The van der Waals surface area contributed by atoms with Crippen LogP contribution in [0, 0.1) is 11.3 Å². The van der Waals surface area contributed by atoms with Crippen molar-refractivity contribution < 1.29 is 0 Å². The highest BCUT2D eigenvalue weighted by atomic mass is 32.2. The highest BCUT2D eigenvalue weighted by Crippen LogP contribution is 2.19. The lowest BCUT2D eigenvalue weighted by Gasteiger charge is -2.08. The Morgan fingerprint density at radius 3 is 2.48 bits per heavy atom. The second kappa shape index (κ2) is 7.51. The summed E-state index contributed by atoms with van der Waals surface area (Å²) in [5, 5.41) is 9.34. The van der Waals surface area contributed by atoms with Crippen LogP contribution in [-0.4, -0.2) is 5.17 Å². The number of hydrogen-bond acceptors (Lipinski definition) is 3. The van der Waals surface area contributed by atoms with Crippen LogP contribution in [0.5, 0.6) is 0 Å². The summed E-state index contributed by atoms with van der Waals surface area (Å²) in [6.45, 7) is 2.03. The van der Waals surface area contributed by atoms with E-state index in [2.05, 4.69) is 11.1 Å². The maximum absolute atomic E-state index is 8.76. The molecule has 1 atom stereocenters. The Balaban J connectivity index is 1.93. The molecule has 0 heterocycles. The van der Waals surface area contributed by atoms with Crippen LogP contribution in [0.25, 0.3) is 0 Å². The minimum Gasteiger partial charge on any atom is -0.379 e. The number of rotatable bonds is 4. The number of nitriles is 1. The van der Waals surface area contributed by atoms with E-state index in [1.54, 1.807) is 0 Å². The molecule has 0 aliphatic heterocycles. The molecule has 0 aromatic heterocycles. The molecule has 2 rings (SSSR count). The first-order valence-corrected chi connectivity index (χ1v) is 7.67. The zero-order valence-corrected chi connectivity index (χ0v) is 12.7. The van der Waals surface area contributed by atoms with Gasteiger partial charge >= 0.3 is 0 Å². The largest absolute Gasteiger partial charge is 0.379 e. The third kappa shape index (κ3) is 4.66. The topological polar surface area (TPSA) is 62.2 Å². The Kier molecular flexibility index (Phi) is 5.42. The molecule has 3 nitrogen and oxygen atoms in total. The minimum absolute atomic E-state index is 0.0552. The quantitative estimate of drug-likeness (QED) is 0.688. The van der Waals surface area contributed by atoms with Gasteiger partial charge in [-0.05, 0) is 30.2 Å². The maximum Gasteiger partial charge on any atom is 0.154 e. The highest BCUT2D eigenvalue weighted by molar-refractivity contribution is 8.13. The molecular weight excluding hydrogens is 278 g/mol. The van der Waals surface area contributed by atoms with Crippen molar-refractivity contribution in [1.29, 1.82) is 5.26 Å². The Hall–Kier alpha value is -2.25. The van der Waals surface area contributed by atoms with Crippen molar-refractivity contribution in [2.45, 2.75) is 18.7 Å². The molecule has 0 bridgehead atoms. The molecule has 0 unspecified atom stereocenters. The molecule has 0 aliphatic carbocycles. The van der Waals surface area contributed by atoms with Crippen LogP contribution in [0.2, 0.25) is 0 Å². The van der Waals surface area contributed by atoms with Crippen LogP contribution < -0.4 is 5.73 Å². The lowest BCUT2D eigenvalue weighted by Crippen LogP contribution is -2.09. The summed E-state index contributed by atoms with van der Waals surface area (Å²) in [6.07, 6.45) is 0. The molecule has 2 aromatic rings. The second-order valence-corrected chi connectivity index (χ2v) is 5.65. The van der Waals surface area contributed by atoms with Gasteiger partial charge in [0.1, 0.15) is 0 Å². The molecular formula is C17H17N3S. The van der Waals surface area contributed by atoms with E-state index in [0.29, 0.717) is 10.7 Å². The number of amidine groups is 1. The van der Waals surface area contributed by atoms with Crippen molar-refractivity contribution in [2.75, 3.05) is 0 Å². The van der Waals surface area contributed by atoms with Crippen LogP contribution in [0.3, 0.4) is 0 Å². The van der Waals surface area contributed by atoms with Gasteiger partial charge in [0, 0.05) is 5.75 Å². The molecule has 0 aliphatic rings. The molecule has 0 saturated heterocycles. The van der Waals surface area contributed by atoms with Crippen LogP contribution in [0.4, 0.5) is 0 Å². The van der Waals surface area contributed by atoms with Gasteiger partial charge in [0.05, 0.1) is 17.7 Å². The van der Waals surface area contributed by atoms with E-state index in [1.165, 1.54) is 11.8 Å². The van der Waals surface area contributed by atoms with Gasteiger partial charge in [-0.1, -0.05) is 54.2 Å². The molecule has 2 N–H and O–H groups in total. The van der Waals surface area contributed by atoms with Crippen molar-refractivity contribution in [3.05, 3.63) is 71.3 Å². The number of nitrogens with two attached hydrogens (primary N) is 1. The molecule has 0 amide bonds. The van der Waals surface area contributed by atoms with Crippen molar-refractivity contribution >= 4 is 16.9 Å². The summed E-state index contributed by atoms with van der Waals surface area (Å²) in [5.74, 6) is 0.753. The van der Waals surface area contributed by atoms with Gasteiger partial charge in [0.25, 0.3) is 0 Å². The predicted molar refractivity (Wildman–Crippen MR) is 88.9 cm³/mol. The van der Waals surface area contributed by atoms with E-state index in [9.17, 15) is 0 Å². The highest BCUT2D eigenvalue weighted by Gasteiger charge is 2.04. The Morgan fingerprint density at radius 2 is 1.86 bits per heavy atom. The predicted octanol–water partition coefficient (Wildman–Crippen LogP) is 3.87. The fourth-order valence-corrected chi connectivity index (χ4v) is 2.61. The average molecular weight is 295 g/mol. The van der Waals surface area contributed by atoms with Gasteiger partial charge in [-0.2, -0.15) is 5.26 Å². The van der Waals surface area contributed by atoms with Crippen LogP contribution in [0.15, 0.2) is 59.6 Å². The van der Waals surface area contributed by atoms with Gasteiger partial charge in [0.2, 0.25) is 0 Å². The van der Waals surface area contributed by atoms with Gasteiger partial charge < -0.3 is 5.73 Å². The molecule has 21 heavy (non-hydrogen) atoms. The van der Waals surface area contributed by atoms with Crippen LogP contribution in [-0.2, 0) is 5.75 Å². The van der Waals surface area contributed by atoms with Crippen molar-refractivity contribution in [1.82, 2.24) is 0 Å². The van der Waals surface area contributed by atoms with Gasteiger partial charge in [-0.15, -0.1) is 0 Å². The standard InChI is InChI=1S/C17H17N3S/c1-13(16-5-3-2-4-6-16)20-17(19)21-12-15-9-7-14(11-18)8-10-15/h2-10,13H,12H2,1H3,(H2,19,20)/t13-/m1/s1. The van der Waals surface area contributed by atoms with Gasteiger partial charge in [0.15, 0.2) is 5.17 Å². The summed E-state index contributed by atoms with van der Waals surface area (Å²) in [7, 11) is 0. The first-order valence-electron chi connectivity index (χ1n) is 6.69. The van der Waals surface area contributed by atoms with Gasteiger partial charge in [-0.25, -0.2) is 0 Å². The van der Waals surface area contributed by atoms with E-state index in [4.69, 9.17) is 11.0 Å². The average Bonchev–Trinajstić information content (AvgIpc) is 2.54. The SMILES string of the molecule is C[C@@H](N=C(N)SCc1ccc(C#N)cc1)c1ccccc1. The first-order chi connectivity index (χ1) is 10.2. The monoisotopic (exact) mass is 295 g/mol. The van der Waals surface area contributed by atoms with E-state index in [-0.39, 0.29) is 6.04 Å². The summed E-state index contributed by atoms with van der Waals surface area (Å²) < 4.78 is 0. The fourth-order valence-electron chi connectivity index (χ4n) is 1.87. The normalized spacial score (nSPS) is 12.7. The number of nitrogens with zero attached hydrogens (tertiary/aromatic N) is 2. The summed E-state index contributed by atoms with van der Waals surface area (Å²) >= 11 is 1.51. The number of hydrogen-bond donors (Lipinski definition) is 1. The molecule has 4 heteroatoms. The summed E-state index contributed by atoms with van der Waals surface area (Å²) in [4.78, 5) is 4.50. The molecule has 0 saturated carbocycles. The van der Waals surface area contributed by atoms with Crippen molar-refractivity contribution in [2.24, 2.45) is 10.7 Å². The third-order valence-corrected chi connectivity index (χ3v) is 3.95. The Bertz CT molecular complexity index is 642. The molecule has 0 radical (unpaired) electrons. The lowest BCUT2D eigenvalue weighted by atomic mass is 10.1. The number of aliphatic imine (C=N–C) groups is 1. The Labute approximate surface area is 129 Å². The van der Waals surface area contributed by atoms with E-state index >= 15 is 0 Å². The Morgan fingerprint density at radius 1 is 1.19 bits per heavy atom. The number of thioether (sulfide) groups is 1. The van der Waals surface area contributed by atoms with Crippen LogP contribution >= 0.6 is 11.8 Å². The summed E-state index contributed by atoms with van der Waals surface area (Å²) in [5.41, 5.74) is 8.93. The van der Waals surface area contributed by atoms with E-state index in [0.717, 1.165) is 16.9 Å². The van der Waals surface area contributed by atoms with E-state index in [1.807, 2.05) is 61.5 Å².